The van der Waals surface area contributed by atoms with E-state index in [0.29, 0.717) is 23.2 Å². The third-order valence-electron chi connectivity index (χ3n) is 6.03. The Kier molecular flexibility index (Phi) is 4.89. The van der Waals surface area contributed by atoms with Crippen molar-refractivity contribution in [2.45, 2.75) is 38.1 Å². The lowest BCUT2D eigenvalue weighted by atomic mass is 10.1. The van der Waals surface area contributed by atoms with Crippen molar-refractivity contribution >= 4 is 22.6 Å². The molecule has 0 atom stereocenters. The highest BCUT2D eigenvalue weighted by Crippen LogP contribution is 2.29. The van der Waals surface area contributed by atoms with E-state index in [1.807, 2.05) is 6.20 Å². The second-order valence-electron chi connectivity index (χ2n) is 8.08. The van der Waals surface area contributed by atoms with E-state index in [2.05, 4.69) is 40.2 Å². The fourth-order valence-corrected chi connectivity index (χ4v) is 4.35. The molecule has 8 heteroatoms. The van der Waals surface area contributed by atoms with Crippen LogP contribution in [0.25, 0.3) is 22.5 Å². The van der Waals surface area contributed by atoms with Gasteiger partial charge >= 0.3 is 5.97 Å². The van der Waals surface area contributed by atoms with Crippen LogP contribution in [0.15, 0.2) is 55.2 Å². The highest BCUT2D eigenvalue weighted by molar-refractivity contribution is 5.83. The summed E-state index contributed by atoms with van der Waals surface area (Å²) in [5.74, 6) is 0.359. The summed E-state index contributed by atoms with van der Waals surface area (Å²) in [7, 11) is 2.17. The number of benzene rings is 1. The summed E-state index contributed by atoms with van der Waals surface area (Å²) in [6.07, 6.45) is 13.8. The van der Waals surface area contributed by atoms with Gasteiger partial charge in [0, 0.05) is 36.6 Å². The summed E-state index contributed by atoms with van der Waals surface area (Å²) >= 11 is 0. The lowest BCUT2D eigenvalue weighted by Gasteiger charge is -2.26. The molecule has 0 aliphatic heterocycles. The summed E-state index contributed by atoms with van der Waals surface area (Å²) < 4.78 is 3.58. The third-order valence-corrected chi connectivity index (χ3v) is 6.03. The van der Waals surface area contributed by atoms with Crippen molar-refractivity contribution in [3.05, 3.63) is 60.8 Å². The number of aliphatic carboxylic acids is 1. The van der Waals surface area contributed by atoms with E-state index in [4.69, 9.17) is 10.1 Å². The van der Waals surface area contributed by atoms with Gasteiger partial charge in [-0.2, -0.15) is 5.10 Å². The lowest BCUT2D eigenvalue weighted by molar-refractivity contribution is -0.136. The van der Waals surface area contributed by atoms with E-state index in [0.717, 1.165) is 10.9 Å². The Labute approximate surface area is 179 Å². The first-order chi connectivity index (χ1) is 15.1. The average Bonchev–Trinajstić information content (AvgIpc) is 3.53. The van der Waals surface area contributed by atoms with Crippen LogP contribution in [0, 0.1) is 0 Å². The van der Waals surface area contributed by atoms with Gasteiger partial charge in [-0.25, -0.2) is 9.67 Å². The van der Waals surface area contributed by atoms with Gasteiger partial charge in [-0.15, -0.1) is 0 Å². The number of hydrogen-bond acceptors (Lipinski definition) is 5. The van der Waals surface area contributed by atoms with Crippen molar-refractivity contribution in [2.75, 3.05) is 11.9 Å². The molecule has 4 aromatic rings. The molecule has 158 valence electrons. The Morgan fingerprint density at radius 2 is 1.97 bits per heavy atom. The fraction of sp³-hybridized carbons (Fsp3) is 0.304. The van der Waals surface area contributed by atoms with E-state index in [1.54, 1.807) is 40.1 Å². The molecule has 1 saturated carbocycles. The van der Waals surface area contributed by atoms with Crippen LogP contribution in [0.4, 0.5) is 5.69 Å². The van der Waals surface area contributed by atoms with Crippen LogP contribution in [-0.4, -0.2) is 48.5 Å². The second kappa shape index (κ2) is 7.86. The van der Waals surface area contributed by atoms with Crippen molar-refractivity contribution in [3.8, 4) is 11.6 Å². The predicted molar refractivity (Wildman–Crippen MR) is 118 cm³/mol. The molecule has 0 amide bonds. The van der Waals surface area contributed by atoms with Crippen LogP contribution < -0.4 is 4.90 Å². The van der Waals surface area contributed by atoms with Gasteiger partial charge in [-0.1, -0.05) is 12.8 Å². The molecule has 8 nitrogen and oxygen atoms in total. The Morgan fingerprint density at radius 3 is 2.77 bits per heavy atom. The topological polar surface area (TPSA) is 89.1 Å². The number of fused-ring (bicyclic) bond motifs is 1. The SMILES string of the molecule is CN(c1ccc2cnn(-c3cncc(-n4ccc(CC(=O)O)c4)n3)c2c1)C1CCCC1. The minimum Gasteiger partial charge on any atom is -0.481 e. The van der Waals surface area contributed by atoms with Gasteiger partial charge in [0.25, 0.3) is 0 Å². The van der Waals surface area contributed by atoms with Crippen LogP contribution in [0.1, 0.15) is 31.2 Å². The van der Waals surface area contributed by atoms with Gasteiger partial charge in [0.05, 0.1) is 30.5 Å². The molecule has 0 radical (unpaired) electrons. The summed E-state index contributed by atoms with van der Waals surface area (Å²) in [6, 6.07) is 8.78. The molecule has 0 saturated heterocycles. The van der Waals surface area contributed by atoms with Crippen molar-refractivity contribution in [3.63, 3.8) is 0 Å². The van der Waals surface area contributed by atoms with Crippen molar-refractivity contribution in [2.24, 2.45) is 0 Å². The number of hydrogen-bond donors (Lipinski definition) is 1. The number of rotatable bonds is 6. The number of carbonyl (C=O) groups is 1. The number of anilines is 1. The van der Waals surface area contributed by atoms with E-state index >= 15 is 0 Å². The zero-order valence-corrected chi connectivity index (χ0v) is 17.3. The number of carboxylic acids is 1. The number of aromatic nitrogens is 5. The van der Waals surface area contributed by atoms with Crippen LogP contribution in [0.5, 0.6) is 0 Å². The van der Waals surface area contributed by atoms with Crippen molar-refractivity contribution < 1.29 is 9.90 Å². The maximum atomic E-state index is 11.0. The molecule has 31 heavy (non-hydrogen) atoms. The first-order valence-corrected chi connectivity index (χ1v) is 10.5. The molecule has 1 aliphatic rings. The summed E-state index contributed by atoms with van der Waals surface area (Å²) in [5, 5.41) is 14.6. The normalized spacial score (nSPS) is 14.4. The second-order valence-corrected chi connectivity index (χ2v) is 8.08. The van der Waals surface area contributed by atoms with Gasteiger partial charge in [-0.05, 0) is 42.7 Å². The summed E-state index contributed by atoms with van der Waals surface area (Å²) in [6.45, 7) is 0. The van der Waals surface area contributed by atoms with Crippen molar-refractivity contribution in [1.82, 2.24) is 24.3 Å². The molecule has 1 aliphatic carbocycles. The zero-order valence-electron chi connectivity index (χ0n) is 17.3. The quantitative estimate of drug-likeness (QED) is 0.516. The van der Waals surface area contributed by atoms with E-state index in [-0.39, 0.29) is 6.42 Å². The Morgan fingerprint density at radius 1 is 1.16 bits per heavy atom. The molecule has 1 N–H and O–H groups in total. The van der Waals surface area contributed by atoms with Gasteiger partial charge in [-0.3, -0.25) is 9.78 Å². The average molecular weight is 416 g/mol. The highest BCUT2D eigenvalue weighted by Gasteiger charge is 2.20. The minimum atomic E-state index is -0.862. The summed E-state index contributed by atoms with van der Waals surface area (Å²) in [4.78, 5) is 22.4. The van der Waals surface area contributed by atoms with Crippen molar-refractivity contribution in [1.29, 1.82) is 0 Å². The van der Waals surface area contributed by atoms with Crippen LogP contribution in [0.3, 0.4) is 0 Å². The highest BCUT2D eigenvalue weighted by atomic mass is 16.4. The monoisotopic (exact) mass is 416 g/mol. The molecule has 0 spiro atoms. The van der Waals surface area contributed by atoms with Crippen LogP contribution >= 0.6 is 0 Å². The molecule has 0 unspecified atom stereocenters. The smallest absolute Gasteiger partial charge is 0.307 e. The third kappa shape index (κ3) is 3.76. The molecule has 3 heterocycles. The van der Waals surface area contributed by atoms with Gasteiger partial charge in [0.2, 0.25) is 0 Å². The number of carboxylic acid groups (broad SMARTS) is 1. The van der Waals surface area contributed by atoms with E-state index in [1.165, 1.54) is 31.4 Å². The van der Waals surface area contributed by atoms with E-state index in [9.17, 15) is 4.79 Å². The Hall–Kier alpha value is -3.68. The first kappa shape index (κ1) is 19.3. The fourth-order valence-electron chi connectivity index (χ4n) is 4.35. The largest absolute Gasteiger partial charge is 0.481 e. The minimum absolute atomic E-state index is 0.0266. The Bertz CT molecular complexity index is 1240. The molecule has 1 aromatic carbocycles. The van der Waals surface area contributed by atoms with Gasteiger partial charge in [0.1, 0.15) is 0 Å². The standard InChI is InChI=1S/C23H24N6O2/c1-27(18-4-2-3-5-18)19-7-6-17-12-25-29(20(17)11-19)22-14-24-13-21(26-22)28-9-8-16(15-28)10-23(30)31/h6-9,11-15,18H,2-5,10H2,1H3,(H,30,31). The molecular weight excluding hydrogens is 392 g/mol. The van der Waals surface area contributed by atoms with Crippen LogP contribution in [-0.2, 0) is 11.2 Å². The molecule has 0 bridgehead atoms. The molecule has 1 fully saturated rings. The molecule has 5 rings (SSSR count). The molecule has 3 aromatic heterocycles. The summed E-state index contributed by atoms with van der Waals surface area (Å²) in [5.41, 5.74) is 2.87. The lowest BCUT2D eigenvalue weighted by Crippen LogP contribution is -2.28. The van der Waals surface area contributed by atoms with Gasteiger partial charge < -0.3 is 14.6 Å². The van der Waals surface area contributed by atoms with Crippen LogP contribution in [0.2, 0.25) is 0 Å². The number of nitrogens with zero attached hydrogens (tertiary/aromatic N) is 6. The predicted octanol–water partition coefficient (Wildman–Crippen LogP) is 3.61. The van der Waals surface area contributed by atoms with E-state index < -0.39 is 5.97 Å². The first-order valence-electron chi connectivity index (χ1n) is 10.5. The molecular formula is C23H24N6O2. The zero-order chi connectivity index (χ0) is 21.4. The van der Waals surface area contributed by atoms with Gasteiger partial charge in [0.15, 0.2) is 11.6 Å². The maximum absolute atomic E-state index is 11.0. The maximum Gasteiger partial charge on any atom is 0.307 e. The Balaban J connectivity index is 1.49.